The number of halogens is 3. The smallest absolute Gasteiger partial charge is 0.166 e. The summed E-state index contributed by atoms with van der Waals surface area (Å²) in [4.78, 5) is 0. The maximum Gasteiger partial charge on any atom is 0.416 e. The van der Waals surface area contributed by atoms with E-state index in [1.165, 1.54) is 6.07 Å². The second kappa shape index (κ2) is 9.01. The maximum absolute atomic E-state index is 12.6. The van der Waals surface area contributed by atoms with Crippen molar-refractivity contribution >= 4 is 0 Å². The van der Waals surface area contributed by atoms with Gasteiger partial charge in [-0.2, -0.15) is 13.2 Å². The van der Waals surface area contributed by atoms with E-state index in [0.717, 1.165) is 0 Å². The van der Waals surface area contributed by atoms with Crippen molar-refractivity contribution in [2.45, 2.75) is 60.6 Å². The molecule has 0 nitrogen and oxygen atoms in total. The lowest BCUT2D eigenvalue weighted by Crippen LogP contribution is -2.10. The van der Waals surface area contributed by atoms with Crippen LogP contribution in [0.4, 0.5) is 13.2 Å². The van der Waals surface area contributed by atoms with Crippen LogP contribution in [0.25, 0.3) is 0 Å². The molecule has 0 atom stereocenters. The molecule has 1 aromatic carbocycles. The minimum Gasteiger partial charge on any atom is -0.166 e. The Bertz CT molecular complexity index is 325. The van der Waals surface area contributed by atoms with Crippen molar-refractivity contribution in [1.82, 2.24) is 0 Å². The molecule has 0 aliphatic rings. The van der Waals surface area contributed by atoms with E-state index in [9.17, 15) is 13.2 Å². The highest BCUT2D eigenvalue weighted by atomic mass is 19.4. The predicted molar refractivity (Wildman–Crippen MR) is 73.0 cm³/mol. The molecule has 0 spiro atoms. The van der Waals surface area contributed by atoms with Gasteiger partial charge >= 0.3 is 6.18 Å². The first-order chi connectivity index (χ1) is 8.32. The lowest BCUT2D eigenvalue weighted by molar-refractivity contribution is -0.138. The zero-order valence-corrected chi connectivity index (χ0v) is 12.4. The van der Waals surface area contributed by atoms with Crippen molar-refractivity contribution in [2.75, 3.05) is 0 Å². The largest absolute Gasteiger partial charge is 0.416 e. The molecule has 1 rings (SSSR count). The average molecular weight is 262 g/mol. The van der Waals surface area contributed by atoms with Gasteiger partial charge in [0, 0.05) is 0 Å². The zero-order chi connectivity index (χ0) is 14.9. The lowest BCUT2D eigenvalue weighted by Gasteiger charge is -2.15. The van der Waals surface area contributed by atoms with Crippen LogP contribution < -0.4 is 0 Å². The second-order valence-electron chi connectivity index (χ2n) is 3.74. The van der Waals surface area contributed by atoms with Gasteiger partial charge in [-0.1, -0.05) is 59.2 Å². The first-order valence-corrected chi connectivity index (χ1v) is 6.50. The van der Waals surface area contributed by atoms with Crippen LogP contribution in [0, 0.1) is 6.92 Å². The molecular formula is C15H25F3. The summed E-state index contributed by atoms with van der Waals surface area (Å²) in [6.45, 7) is 13.2. The van der Waals surface area contributed by atoms with E-state index in [2.05, 4.69) is 0 Å². The van der Waals surface area contributed by atoms with Crippen LogP contribution in [-0.2, 0) is 6.18 Å². The summed E-state index contributed by atoms with van der Waals surface area (Å²) in [5.74, 6) is -0.104. The third kappa shape index (κ3) is 6.08. The molecule has 0 saturated carbocycles. The van der Waals surface area contributed by atoms with Gasteiger partial charge in [-0.3, -0.25) is 0 Å². The molecule has 0 heterocycles. The maximum atomic E-state index is 12.6. The Hall–Kier alpha value is -0.990. The highest BCUT2D eigenvalue weighted by molar-refractivity contribution is 5.35. The molecule has 0 saturated heterocycles. The Balaban J connectivity index is 0. The summed E-state index contributed by atoms with van der Waals surface area (Å²) >= 11 is 0. The highest BCUT2D eigenvalue weighted by Gasteiger charge is 2.33. The Morgan fingerprint density at radius 3 is 1.72 bits per heavy atom. The molecule has 3 heteroatoms. The van der Waals surface area contributed by atoms with E-state index < -0.39 is 11.7 Å². The molecular weight excluding hydrogens is 237 g/mol. The Morgan fingerprint density at radius 2 is 1.39 bits per heavy atom. The minimum absolute atomic E-state index is 0.104. The molecule has 0 aliphatic carbocycles. The summed E-state index contributed by atoms with van der Waals surface area (Å²) in [5, 5.41) is 0. The monoisotopic (exact) mass is 262 g/mol. The molecule has 0 unspecified atom stereocenters. The van der Waals surface area contributed by atoms with Crippen LogP contribution >= 0.6 is 0 Å². The van der Waals surface area contributed by atoms with E-state index in [4.69, 9.17) is 0 Å². The van der Waals surface area contributed by atoms with E-state index in [-0.39, 0.29) is 5.92 Å². The van der Waals surface area contributed by atoms with Gasteiger partial charge in [0.05, 0.1) is 5.56 Å². The van der Waals surface area contributed by atoms with Crippen LogP contribution in [0.1, 0.15) is 64.2 Å². The van der Waals surface area contributed by atoms with Gasteiger partial charge in [0.25, 0.3) is 0 Å². The van der Waals surface area contributed by atoms with Crippen molar-refractivity contribution in [3.05, 3.63) is 34.9 Å². The van der Waals surface area contributed by atoms with E-state index in [0.29, 0.717) is 11.1 Å². The fraction of sp³-hybridized carbons (Fsp3) is 0.600. The van der Waals surface area contributed by atoms with Crippen LogP contribution in [-0.4, -0.2) is 0 Å². The molecule has 1 aromatic rings. The fourth-order valence-corrected chi connectivity index (χ4v) is 1.42. The third-order valence-electron chi connectivity index (χ3n) is 2.14. The normalized spacial score (nSPS) is 10.2. The number of alkyl halides is 3. The van der Waals surface area contributed by atoms with Gasteiger partial charge in [0.1, 0.15) is 0 Å². The van der Waals surface area contributed by atoms with Crippen molar-refractivity contribution in [3.63, 3.8) is 0 Å². The molecule has 18 heavy (non-hydrogen) atoms. The van der Waals surface area contributed by atoms with Crippen LogP contribution in [0.2, 0.25) is 0 Å². The van der Waals surface area contributed by atoms with Crippen molar-refractivity contribution in [1.29, 1.82) is 0 Å². The Kier molecular flexibility index (Phi) is 9.69. The topological polar surface area (TPSA) is 0 Å². The van der Waals surface area contributed by atoms with Gasteiger partial charge in [0.2, 0.25) is 0 Å². The molecule has 0 bridgehead atoms. The van der Waals surface area contributed by atoms with Gasteiger partial charge in [-0.05, 0) is 24.5 Å². The first-order valence-electron chi connectivity index (χ1n) is 6.50. The quantitative estimate of drug-likeness (QED) is 0.566. The van der Waals surface area contributed by atoms with E-state index in [1.54, 1.807) is 32.9 Å². The number of hydrogen-bond donors (Lipinski definition) is 0. The summed E-state index contributed by atoms with van der Waals surface area (Å²) in [5.41, 5.74) is 0.498. The molecule has 106 valence electrons. The Labute approximate surface area is 109 Å². The van der Waals surface area contributed by atoms with Crippen molar-refractivity contribution in [2.24, 2.45) is 0 Å². The summed E-state index contributed by atoms with van der Waals surface area (Å²) in [7, 11) is 0. The van der Waals surface area contributed by atoms with E-state index >= 15 is 0 Å². The minimum atomic E-state index is -4.24. The molecule has 0 aliphatic heterocycles. The molecule has 0 amide bonds. The lowest BCUT2D eigenvalue weighted by atomic mass is 9.95. The second-order valence-corrected chi connectivity index (χ2v) is 3.74. The van der Waals surface area contributed by atoms with Crippen LogP contribution in [0.15, 0.2) is 18.2 Å². The first kappa shape index (κ1) is 19.4. The number of rotatable bonds is 1. The molecule has 0 fully saturated rings. The standard InChI is InChI=1S/C11H13F3.2C2H6/c1-7(2)9-5-4-8(3)6-10(9)11(12,13)14;2*1-2/h4-7H,1-3H3;2*1-2H3. The van der Waals surface area contributed by atoms with Gasteiger partial charge in [0.15, 0.2) is 0 Å². The molecule has 0 aromatic heterocycles. The molecule has 0 N–H and O–H groups in total. The zero-order valence-electron chi connectivity index (χ0n) is 12.4. The van der Waals surface area contributed by atoms with E-state index in [1.807, 2.05) is 27.7 Å². The SMILES string of the molecule is CC.CC.Cc1ccc(C(C)C)c(C(F)(F)F)c1. The predicted octanol–water partition coefficient (Wildman–Crippen LogP) is 6.19. The summed E-state index contributed by atoms with van der Waals surface area (Å²) in [6, 6.07) is 4.47. The number of aryl methyl sites for hydroxylation is 1. The summed E-state index contributed by atoms with van der Waals surface area (Å²) in [6.07, 6.45) is -4.24. The van der Waals surface area contributed by atoms with Crippen LogP contribution in [0.3, 0.4) is 0 Å². The fourth-order valence-electron chi connectivity index (χ4n) is 1.42. The van der Waals surface area contributed by atoms with Crippen LogP contribution in [0.5, 0.6) is 0 Å². The van der Waals surface area contributed by atoms with Crippen molar-refractivity contribution < 1.29 is 13.2 Å². The van der Waals surface area contributed by atoms with Gasteiger partial charge in [-0.15, -0.1) is 0 Å². The highest BCUT2D eigenvalue weighted by Crippen LogP contribution is 2.35. The Morgan fingerprint density at radius 1 is 0.944 bits per heavy atom. The van der Waals surface area contributed by atoms with Crippen molar-refractivity contribution in [3.8, 4) is 0 Å². The summed E-state index contributed by atoms with van der Waals surface area (Å²) < 4.78 is 37.8. The average Bonchev–Trinajstić information content (AvgIpc) is 2.32. The molecule has 0 radical (unpaired) electrons. The number of hydrogen-bond acceptors (Lipinski definition) is 0. The van der Waals surface area contributed by atoms with Gasteiger partial charge < -0.3 is 0 Å². The third-order valence-corrected chi connectivity index (χ3v) is 2.14. The number of benzene rings is 1. The van der Waals surface area contributed by atoms with Gasteiger partial charge in [-0.25, -0.2) is 0 Å².